The second kappa shape index (κ2) is 9.01. The zero-order valence-electron chi connectivity index (χ0n) is 16.2. The van der Waals surface area contributed by atoms with Crippen molar-refractivity contribution >= 4 is 0 Å². The third kappa shape index (κ3) is 4.78. The van der Waals surface area contributed by atoms with Gasteiger partial charge in [0.1, 0.15) is 11.6 Å². The van der Waals surface area contributed by atoms with Gasteiger partial charge in [-0.3, -0.25) is 0 Å². The van der Waals surface area contributed by atoms with E-state index < -0.39 is 0 Å². The third-order valence-corrected chi connectivity index (χ3v) is 6.52. The number of hydrogen-bond acceptors (Lipinski definition) is 2. The highest BCUT2D eigenvalue weighted by atomic mass is 19.1. The number of rotatable bonds is 6. The first-order valence-corrected chi connectivity index (χ1v) is 10.8. The van der Waals surface area contributed by atoms with Gasteiger partial charge >= 0.3 is 0 Å². The summed E-state index contributed by atoms with van der Waals surface area (Å²) in [6.45, 7) is 1.10. The van der Waals surface area contributed by atoms with Crippen molar-refractivity contribution in [3.05, 3.63) is 42.1 Å². The average molecular weight is 370 g/mol. The summed E-state index contributed by atoms with van der Waals surface area (Å²) in [5.41, 5.74) is 1.97. The van der Waals surface area contributed by atoms with Crippen LogP contribution in [0, 0.1) is 17.7 Å². The van der Waals surface area contributed by atoms with Crippen molar-refractivity contribution in [1.29, 1.82) is 0 Å². The number of hydrogen-bond donors (Lipinski definition) is 2. The van der Waals surface area contributed by atoms with Crippen LogP contribution in [-0.2, 0) is 0 Å². The maximum atomic E-state index is 13.2. The lowest BCUT2D eigenvalue weighted by atomic mass is 9.83. The number of aromatic amines is 1. The molecule has 27 heavy (non-hydrogen) atoms. The van der Waals surface area contributed by atoms with Crippen LogP contribution in [0.4, 0.5) is 4.39 Å². The molecule has 2 aromatic rings. The number of nitrogens with one attached hydrogen (secondary N) is 2. The predicted octanol–water partition coefficient (Wildman–Crippen LogP) is 6.01. The van der Waals surface area contributed by atoms with Crippen LogP contribution in [0.25, 0.3) is 11.3 Å². The first-order valence-electron chi connectivity index (χ1n) is 10.8. The van der Waals surface area contributed by atoms with E-state index in [1.165, 1.54) is 76.3 Å². The molecule has 1 heterocycles. The van der Waals surface area contributed by atoms with Crippen LogP contribution in [0.3, 0.4) is 0 Å². The van der Waals surface area contributed by atoms with E-state index in [2.05, 4.69) is 10.3 Å². The molecule has 0 spiro atoms. The maximum Gasteiger partial charge on any atom is 0.123 e. The molecule has 0 saturated heterocycles. The van der Waals surface area contributed by atoms with Crippen molar-refractivity contribution < 1.29 is 4.39 Å². The Labute approximate surface area is 162 Å². The van der Waals surface area contributed by atoms with Crippen molar-refractivity contribution in [2.24, 2.45) is 11.8 Å². The molecule has 2 fully saturated rings. The number of nitrogens with zero attached hydrogens (tertiary/aromatic N) is 1. The SMILES string of the molecule is Fc1ccc(-c2cnc([C@H](NCC3CCCCC3)C3CCCCC3)[nH]2)cc1. The topological polar surface area (TPSA) is 40.7 Å². The molecule has 0 bridgehead atoms. The van der Waals surface area contributed by atoms with Gasteiger partial charge in [0.2, 0.25) is 0 Å². The van der Waals surface area contributed by atoms with E-state index in [1.54, 1.807) is 0 Å². The van der Waals surface area contributed by atoms with Gasteiger partial charge in [-0.15, -0.1) is 0 Å². The Kier molecular flexibility index (Phi) is 6.23. The van der Waals surface area contributed by atoms with E-state index in [4.69, 9.17) is 4.98 Å². The Bertz CT molecular complexity index is 697. The molecule has 0 unspecified atom stereocenters. The highest BCUT2D eigenvalue weighted by Gasteiger charge is 2.28. The molecule has 0 radical (unpaired) electrons. The van der Waals surface area contributed by atoms with E-state index in [1.807, 2.05) is 18.3 Å². The first kappa shape index (κ1) is 18.7. The lowest BCUT2D eigenvalue weighted by molar-refractivity contribution is 0.242. The Hall–Kier alpha value is -1.68. The van der Waals surface area contributed by atoms with Gasteiger partial charge < -0.3 is 10.3 Å². The van der Waals surface area contributed by atoms with Crippen LogP contribution in [0.5, 0.6) is 0 Å². The fraction of sp³-hybridized carbons (Fsp3) is 0.609. The summed E-state index contributed by atoms with van der Waals surface area (Å²) < 4.78 is 13.2. The van der Waals surface area contributed by atoms with Crippen molar-refractivity contribution in [1.82, 2.24) is 15.3 Å². The molecule has 3 nitrogen and oxygen atoms in total. The number of halogens is 1. The molecule has 4 heteroatoms. The Morgan fingerprint density at radius 3 is 2.33 bits per heavy atom. The first-order chi connectivity index (χ1) is 13.3. The summed E-state index contributed by atoms with van der Waals surface area (Å²) >= 11 is 0. The Morgan fingerprint density at radius 2 is 1.63 bits per heavy atom. The second-order valence-corrected chi connectivity index (χ2v) is 8.48. The van der Waals surface area contributed by atoms with E-state index in [9.17, 15) is 4.39 Å². The van der Waals surface area contributed by atoms with Crippen molar-refractivity contribution in [2.45, 2.75) is 70.3 Å². The normalized spacial score (nSPS) is 20.6. The summed E-state index contributed by atoms with van der Waals surface area (Å²) in [4.78, 5) is 8.28. The standard InChI is InChI=1S/C23H32FN3/c24-20-13-11-18(12-14-20)21-16-26-23(27-21)22(19-9-5-2-6-10-19)25-15-17-7-3-1-4-8-17/h11-14,16-17,19,22,25H,1-10,15H2,(H,26,27)/t22-/m1/s1. The summed E-state index contributed by atoms with van der Waals surface area (Å²) in [6, 6.07) is 6.96. The van der Waals surface area contributed by atoms with E-state index in [0.29, 0.717) is 12.0 Å². The minimum absolute atomic E-state index is 0.201. The van der Waals surface area contributed by atoms with Gasteiger partial charge in [-0.05, 0) is 73.9 Å². The molecular formula is C23H32FN3. The monoisotopic (exact) mass is 369 g/mol. The van der Waals surface area contributed by atoms with Crippen molar-refractivity contribution in [3.63, 3.8) is 0 Å². The minimum Gasteiger partial charge on any atom is -0.341 e. The number of imidazole rings is 1. The molecule has 1 aromatic heterocycles. The molecule has 0 amide bonds. The predicted molar refractivity (Wildman–Crippen MR) is 108 cm³/mol. The van der Waals surface area contributed by atoms with E-state index in [-0.39, 0.29) is 5.82 Å². The molecule has 2 aliphatic carbocycles. The smallest absolute Gasteiger partial charge is 0.123 e. The van der Waals surface area contributed by atoms with Crippen molar-refractivity contribution in [3.8, 4) is 11.3 Å². The molecule has 2 saturated carbocycles. The zero-order valence-corrected chi connectivity index (χ0v) is 16.2. The number of H-pyrrole nitrogens is 1. The lowest BCUT2D eigenvalue weighted by Gasteiger charge is -2.32. The minimum atomic E-state index is -0.201. The largest absolute Gasteiger partial charge is 0.341 e. The molecule has 1 aromatic carbocycles. The van der Waals surface area contributed by atoms with Gasteiger partial charge in [-0.25, -0.2) is 9.37 Å². The summed E-state index contributed by atoms with van der Waals surface area (Å²) in [5, 5.41) is 3.90. The zero-order chi connectivity index (χ0) is 18.5. The van der Waals surface area contributed by atoms with Gasteiger partial charge in [0, 0.05) is 0 Å². The van der Waals surface area contributed by atoms with Gasteiger partial charge in [0.15, 0.2) is 0 Å². The molecule has 1 atom stereocenters. The summed E-state index contributed by atoms with van der Waals surface area (Å²) in [5.74, 6) is 2.33. The summed E-state index contributed by atoms with van der Waals surface area (Å²) in [7, 11) is 0. The van der Waals surface area contributed by atoms with Crippen molar-refractivity contribution in [2.75, 3.05) is 6.54 Å². The quantitative estimate of drug-likeness (QED) is 0.655. The number of aromatic nitrogens is 2. The highest BCUT2D eigenvalue weighted by Crippen LogP contribution is 2.35. The van der Waals surface area contributed by atoms with Gasteiger partial charge in [-0.1, -0.05) is 38.5 Å². The van der Waals surface area contributed by atoms with Gasteiger partial charge in [0.05, 0.1) is 17.9 Å². The van der Waals surface area contributed by atoms with Crippen LogP contribution in [0.2, 0.25) is 0 Å². The Balaban J connectivity index is 1.49. The van der Waals surface area contributed by atoms with E-state index >= 15 is 0 Å². The fourth-order valence-corrected chi connectivity index (χ4v) is 4.91. The van der Waals surface area contributed by atoms with Gasteiger partial charge in [-0.2, -0.15) is 0 Å². The average Bonchev–Trinajstić information content (AvgIpc) is 3.20. The molecule has 4 rings (SSSR count). The molecule has 146 valence electrons. The summed E-state index contributed by atoms with van der Waals surface area (Å²) in [6.07, 6.45) is 15.4. The van der Waals surface area contributed by atoms with Crippen LogP contribution in [0.15, 0.2) is 30.5 Å². The molecular weight excluding hydrogens is 337 g/mol. The van der Waals surface area contributed by atoms with Crippen LogP contribution >= 0.6 is 0 Å². The van der Waals surface area contributed by atoms with Gasteiger partial charge in [0.25, 0.3) is 0 Å². The molecule has 2 aliphatic rings. The third-order valence-electron chi connectivity index (χ3n) is 6.52. The van der Waals surface area contributed by atoms with E-state index in [0.717, 1.165) is 29.5 Å². The highest BCUT2D eigenvalue weighted by molar-refractivity contribution is 5.58. The number of benzene rings is 1. The maximum absolute atomic E-state index is 13.2. The fourth-order valence-electron chi connectivity index (χ4n) is 4.91. The van der Waals surface area contributed by atoms with Crippen LogP contribution < -0.4 is 5.32 Å². The second-order valence-electron chi connectivity index (χ2n) is 8.48. The molecule has 0 aliphatic heterocycles. The Morgan fingerprint density at radius 1 is 0.963 bits per heavy atom. The van der Waals surface area contributed by atoms with Crippen LogP contribution in [-0.4, -0.2) is 16.5 Å². The van der Waals surface area contributed by atoms with Crippen LogP contribution in [0.1, 0.15) is 76.1 Å². The molecule has 2 N–H and O–H groups in total. The lowest BCUT2D eigenvalue weighted by Crippen LogP contribution is -2.34.